The van der Waals surface area contributed by atoms with Crippen molar-refractivity contribution in [2.75, 3.05) is 0 Å². The summed E-state index contributed by atoms with van der Waals surface area (Å²) in [6, 6.07) is 0. The van der Waals surface area contributed by atoms with E-state index in [1.54, 1.807) is 0 Å². The van der Waals surface area contributed by atoms with Gasteiger partial charge in [-0.05, 0) is 73.2 Å². The second-order valence-electron chi connectivity index (χ2n) is 8.92. The van der Waals surface area contributed by atoms with Crippen molar-refractivity contribution in [2.24, 2.45) is 28.6 Å². The molecule has 0 heterocycles. The third-order valence-electron chi connectivity index (χ3n) is 7.58. The maximum absolute atomic E-state index is 12.0. The van der Waals surface area contributed by atoms with E-state index in [2.05, 4.69) is 13.8 Å². The van der Waals surface area contributed by atoms with Crippen LogP contribution < -0.4 is 0 Å². The Kier molecular flexibility index (Phi) is 3.16. The molecular weight excluding hydrogens is 276 g/mol. The average Bonchev–Trinajstić information content (AvgIpc) is 2.73. The standard InChI is InChI=1S/C19H28O3/c1-18-9-13(21)8-15(18)14-4-3-11-7-12(20)5-6-19(11,2)17(14)16(22)10-18/h8,11-12,14,16-17,20,22H,3-7,9-10H2,1-2H3/t11-,12-,14-,16-,17+,18-,19-/m0/s1. The normalized spacial score (nSPS) is 54.3. The van der Waals surface area contributed by atoms with Gasteiger partial charge in [0.15, 0.2) is 5.78 Å². The number of aliphatic hydroxyl groups excluding tert-OH is 2. The number of hydrogen-bond donors (Lipinski definition) is 2. The van der Waals surface area contributed by atoms with Gasteiger partial charge in [0.1, 0.15) is 0 Å². The molecule has 4 rings (SSSR count). The van der Waals surface area contributed by atoms with Crippen LogP contribution in [0.15, 0.2) is 11.6 Å². The Hall–Kier alpha value is -0.670. The molecule has 7 atom stereocenters. The molecule has 0 spiro atoms. The summed E-state index contributed by atoms with van der Waals surface area (Å²) < 4.78 is 0. The maximum atomic E-state index is 12.0. The first-order valence-corrected chi connectivity index (χ1v) is 8.94. The van der Waals surface area contributed by atoms with Crippen molar-refractivity contribution >= 4 is 5.78 Å². The highest BCUT2D eigenvalue weighted by Crippen LogP contribution is 2.64. The van der Waals surface area contributed by atoms with Crippen LogP contribution in [0.4, 0.5) is 0 Å². The zero-order valence-electron chi connectivity index (χ0n) is 13.7. The van der Waals surface area contributed by atoms with Gasteiger partial charge >= 0.3 is 0 Å². The second-order valence-corrected chi connectivity index (χ2v) is 8.92. The van der Waals surface area contributed by atoms with E-state index in [9.17, 15) is 15.0 Å². The summed E-state index contributed by atoms with van der Waals surface area (Å²) in [4.78, 5) is 12.0. The van der Waals surface area contributed by atoms with Crippen LogP contribution in [0.3, 0.4) is 0 Å². The molecule has 4 aliphatic carbocycles. The zero-order chi connectivity index (χ0) is 15.7. The molecule has 0 unspecified atom stereocenters. The molecule has 0 bridgehead atoms. The van der Waals surface area contributed by atoms with Gasteiger partial charge in [-0.15, -0.1) is 0 Å². The molecule has 3 fully saturated rings. The van der Waals surface area contributed by atoms with Crippen LogP contribution in [-0.2, 0) is 4.79 Å². The van der Waals surface area contributed by atoms with Gasteiger partial charge in [-0.3, -0.25) is 4.79 Å². The van der Waals surface area contributed by atoms with Gasteiger partial charge in [-0.1, -0.05) is 19.4 Å². The fraction of sp³-hybridized carbons (Fsp3) is 0.842. The second kappa shape index (κ2) is 4.67. The maximum Gasteiger partial charge on any atom is 0.156 e. The van der Waals surface area contributed by atoms with Crippen LogP contribution in [0.25, 0.3) is 0 Å². The third kappa shape index (κ3) is 1.91. The Bertz CT molecular complexity index is 539. The van der Waals surface area contributed by atoms with Crippen LogP contribution in [-0.4, -0.2) is 28.2 Å². The van der Waals surface area contributed by atoms with Gasteiger partial charge in [-0.2, -0.15) is 0 Å². The predicted molar refractivity (Wildman–Crippen MR) is 84.1 cm³/mol. The van der Waals surface area contributed by atoms with E-state index >= 15 is 0 Å². The number of fused-ring (bicyclic) bond motifs is 5. The summed E-state index contributed by atoms with van der Waals surface area (Å²) in [7, 11) is 0. The minimum absolute atomic E-state index is 0.102. The predicted octanol–water partition coefficient (Wildman–Crippen LogP) is 2.85. The van der Waals surface area contributed by atoms with Gasteiger partial charge in [0, 0.05) is 6.42 Å². The highest BCUT2D eigenvalue weighted by atomic mass is 16.3. The quantitative estimate of drug-likeness (QED) is 0.723. The molecule has 0 radical (unpaired) electrons. The van der Waals surface area contributed by atoms with E-state index < -0.39 is 0 Å². The van der Waals surface area contributed by atoms with Gasteiger partial charge in [-0.25, -0.2) is 0 Å². The van der Waals surface area contributed by atoms with E-state index in [1.807, 2.05) is 6.08 Å². The summed E-state index contributed by atoms with van der Waals surface area (Å²) in [5.74, 6) is 1.41. The lowest BCUT2D eigenvalue weighted by atomic mass is 9.46. The lowest BCUT2D eigenvalue weighted by Gasteiger charge is -2.60. The fourth-order valence-electron chi connectivity index (χ4n) is 6.58. The van der Waals surface area contributed by atoms with Crippen LogP contribution in [0.1, 0.15) is 58.8 Å². The number of carbonyl (C=O) groups excluding carboxylic acids is 1. The lowest BCUT2D eigenvalue weighted by molar-refractivity contribution is -0.133. The van der Waals surface area contributed by atoms with Crippen molar-refractivity contribution in [2.45, 2.75) is 71.0 Å². The molecule has 0 aromatic rings. The van der Waals surface area contributed by atoms with Crippen molar-refractivity contribution in [3.63, 3.8) is 0 Å². The minimum atomic E-state index is -0.305. The number of carbonyl (C=O) groups is 1. The van der Waals surface area contributed by atoms with Crippen molar-refractivity contribution < 1.29 is 15.0 Å². The molecule has 2 N–H and O–H groups in total. The number of hydrogen-bond acceptors (Lipinski definition) is 3. The monoisotopic (exact) mass is 304 g/mol. The van der Waals surface area contributed by atoms with Crippen molar-refractivity contribution in [1.82, 2.24) is 0 Å². The van der Waals surface area contributed by atoms with E-state index in [1.165, 1.54) is 5.57 Å². The first-order chi connectivity index (χ1) is 10.3. The molecule has 0 amide bonds. The summed E-state index contributed by atoms with van der Waals surface area (Å²) in [6.07, 6.45) is 7.72. The molecule has 3 heteroatoms. The molecule has 3 saturated carbocycles. The molecule has 0 aliphatic heterocycles. The smallest absolute Gasteiger partial charge is 0.156 e. The third-order valence-corrected chi connectivity index (χ3v) is 7.58. The number of allylic oxidation sites excluding steroid dienone is 2. The summed E-state index contributed by atoms with van der Waals surface area (Å²) in [5, 5.41) is 21.0. The molecule has 122 valence electrons. The number of rotatable bonds is 0. The Morgan fingerprint density at radius 2 is 1.95 bits per heavy atom. The SMILES string of the molecule is C[C@@]12CC(=O)C=C1[C@@H]1CC[C@H]3C[C@@H](O)CC[C@]3(C)[C@H]1[C@@H](O)C2. The zero-order valence-corrected chi connectivity index (χ0v) is 13.7. The van der Waals surface area contributed by atoms with Gasteiger partial charge in [0.2, 0.25) is 0 Å². The molecular formula is C19H28O3. The van der Waals surface area contributed by atoms with Crippen LogP contribution >= 0.6 is 0 Å². The van der Waals surface area contributed by atoms with Crippen LogP contribution in [0.2, 0.25) is 0 Å². The summed E-state index contributed by atoms with van der Waals surface area (Å²) in [5.41, 5.74) is 1.35. The summed E-state index contributed by atoms with van der Waals surface area (Å²) in [6.45, 7) is 4.51. The minimum Gasteiger partial charge on any atom is -0.393 e. The molecule has 0 aromatic heterocycles. The van der Waals surface area contributed by atoms with Crippen LogP contribution in [0.5, 0.6) is 0 Å². The number of ketones is 1. The van der Waals surface area contributed by atoms with Gasteiger partial charge in [0.05, 0.1) is 12.2 Å². The first kappa shape index (κ1) is 14.9. The first-order valence-electron chi connectivity index (χ1n) is 8.94. The van der Waals surface area contributed by atoms with E-state index in [0.29, 0.717) is 18.3 Å². The van der Waals surface area contributed by atoms with Crippen molar-refractivity contribution in [1.29, 1.82) is 0 Å². The lowest BCUT2D eigenvalue weighted by Crippen LogP contribution is -2.56. The Labute approximate surface area is 132 Å². The molecule has 0 aromatic carbocycles. The van der Waals surface area contributed by atoms with Crippen molar-refractivity contribution in [3.8, 4) is 0 Å². The van der Waals surface area contributed by atoms with E-state index in [-0.39, 0.29) is 34.7 Å². The number of aliphatic hydroxyl groups is 2. The van der Waals surface area contributed by atoms with E-state index in [0.717, 1.165) is 38.5 Å². The average molecular weight is 304 g/mol. The summed E-state index contributed by atoms with van der Waals surface area (Å²) >= 11 is 0. The molecule has 3 nitrogen and oxygen atoms in total. The topological polar surface area (TPSA) is 57.5 Å². The Morgan fingerprint density at radius 1 is 1.18 bits per heavy atom. The fourth-order valence-corrected chi connectivity index (χ4v) is 6.58. The van der Waals surface area contributed by atoms with Crippen molar-refractivity contribution in [3.05, 3.63) is 11.6 Å². The largest absolute Gasteiger partial charge is 0.393 e. The van der Waals surface area contributed by atoms with E-state index in [4.69, 9.17) is 0 Å². The Balaban J connectivity index is 1.73. The van der Waals surface area contributed by atoms with Gasteiger partial charge in [0.25, 0.3) is 0 Å². The van der Waals surface area contributed by atoms with Crippen LogP contribution in [0, 0.1) is 28.6 Å². The highest BCUT2D eigenvalue weighted by Gasteiger charge is 2.59. The molecule has 0 saturated heterocycles. The highest BCUT2D eigenvalue weighted by molar-refractivity contribution is 5.94. The molecule has 4 aliphatic rings. The Morgan fingerprint density at radius 3 is 2.73 bits per heavy atom. The molecule has 22 heavy (non-hydrogen) atoms. The van der Waals surface area contributed by atoms with Gasteiger partial charge < -0.3 is 10.2 Å².